The van der Waals surface area contributed by atoms with Gasteiger partial charge in [-0.2, -0.15) is 0 Å². The van der Waals surface area contributed by atoms with Gasteiger partial charge in [-0.3, -0.25) is 14.8 Å². The van der Waals surface area contributed by atoms with Crippen LogP contribution < -0.4 is 10.8 Å². The van der Waals surface area contributed by atoms with Gasteiger partial charge in [-0.05, 0) is 12.1 Å². The standard InChI is InChI=1S/C10H12N2O4/c13-8-4-2-1-3-7(8)10(15)11-6-5-9(14)12-16/h1-4,13,16H,5-6H2,(H,11,15)(H,12,14). The Hall–Kier alpha value is -2.08. The first kappa shape index (κ1) is 12.0. The number of para-hydroxylation sites is 1. The third kappa shape index (κ3) is 3.25. The molecule has 0 saturated carbocycles. The van der Waals surface area contributed by atoms with Gasteiger partial charge in [-0.15, -0.1) is 0 Å². The van der Waals surface area contributed by atoms with E-state index in [0.29, 0.717) is 0 Å². The van der Waals surface area contributed by atoms with Gasteiger partial charge in [-0.1, -0.05) is 12.1 Å². The van der Waals surface area contributed by atoms with Gasteiger partial charge in [0.05, 0.1) is 5.56 Å². The molecule has 1 aromatic rings. The van der Waals surface area contributed by atoms with Crippen molar-refractivity contribution in [3.05, 3.63) is 29.8 Å². The van der Waals surface area contributed by atoms with Crippen molar-refractivity contribution < 1.29 is 19.9 Å². The van der Waals surface area contributed by atoms with Gasteiger partial charge in [0.15, 0.2) is 0 Å². The average Bonchev–Trinajstić information content (AvgIpc) is 2.29. The summed E-state index contributed by atoms with van der Waals surface area (Å²) in [4.78, 5) is 22.1. The second kappa shape index (κ2) is 5.72. The monoisotopic (exact) mass is 224 g/mol. The lowest BCUT2D eigenvalue weighted by atomic mass is 10.2. The van der Waals surface area contributed by atoms with Crippen LogP contribution in [0.1, 0.15) is 16.8 Å². The fraction of sp³-hybridized carbons (Fsp3) is 0.200. The summed E-state index contributed by atoms with van der Waals surface area (Å²) in [6.45, 7) is 0.0829. The van der Waals surface area contributed by atoms with Crippen LogP contribution in [0.3, 0.4) is 0 Å². The molecule has 0 aromatic heterocycles. The van der Waals surface area contributed by atoms with Crippen LogP contribution in [0.4, 0.5) is 0 Å². The molecule has 0 fully saturated rings. The van der Waals surface area contributed by atoms with E-state index in [0.717, 1.165) is 0 Å². The Morgan fingerprint density at radius 1 is 1.25 bits per heavy atom. The number of carbonyl (C=O) groups excluding carboxylic acids is 2. The summed E-state index contributed by atoms with van der Waals surface area (Å²) in [6.07, 6.45) is -0.0319. The number of phenols is 1. The molecule has 86 valence electrons. The number of phenolic OH excluding ortho intramolecular Hbond substituents is 1. The maximum atomic E-state index is 11.5. The molecule has 4 N–H and O–H groups in total. The number of aromatic hydroxyl groups is 1. The minimum atomic E-state index is -0.586. The highest BCUT2D eigenvalue weighted by Crippen LogP contribution is 2.14. The van der Waals surface area contributed by atoms with Crippen molar-refractivity contribution in [1.29, 1.82) is 0 Å². The van der Waals surface area contributed by atoms with Crippen LogP contribution in [0.25, 0.3) is 0 Å². The number of hydrogen-bond acceptors (Lipinski definition) is 4. The Morgan fingerprint density at radius 2 is 1.94 bits per heavy atom. The molecule has 1 rings (SSSR count). The zero-order valence-electron chi connectivity index (χ0n) is 8.43. The lowest BCUT2D eigenvalue weighted by molar-refractivity contribution is -0.129. The van der Waals surface area contributed by atoms with Crippen LogP contribution in [0.5, 0.6) is 5.75 Å². The second-order valence-corrected chi connectivity index (χ2v) is 3.06. The largest absolute Gasteiger partial charge is 0.507 e. The highest BCUT2D eigenvalue weighted by Gasteiger charge is 2.09. The predicted octanol–water partition coefficient (Wildman–Crippen LogP) is 0.0175. The van der Waals surface area contributed by atoms with Gasteiger partial charge in [-0.25, -0.2) is 5.48 Å². The van der Waals surface area contributed by atoms with Gasteiger partial charge in [0.1, 0.15) is 5.75 Å². The Bertz CT molecular complexity index is 392. The van der Waals surface area contributed by atoms with Crippen LogP contribution >= 0.6 is 0 Å². The molecule has 6 nitrogen and oxygen atoms in total. The zero-order chi connectivity index (χ0) is 12.0. The molecule has 0 aliphatic rings. The summed E-state index contributed by atoms with van der Waals surface area (Å²) < 4.78 is 0. The van der Waals surface area contributed by atoms with Crippen molar-refractivity contribution in [3.63, 3.8) is 0 Å². The van der Waals surface area contributed by atoms with Crippen LogP contribution in [0, 0.1) is 0 Å². The molecule has 0 aliphatic heterocycles. The smallest absolute Gasteiger partial charge is 0.255 e. The molecule has 0 radical (unpaired) electrons. The molecular weight excluding hydrogens is 212 g/mol. The molecule has 0 spiro atoms. The fourth-order valence-corrected chi connectivity index (χ4v) is 1.11. The number of carbonyl (C=O) groups is 2. The van der Waals surface area contributed by atoms with E-state index in [9.17, 15) is 14.7 Å². The molecule has 1 aromatic carbocycles. The molecule has 6 heteroatoms. The summed E-state index contributed by atoms with van der Waals surface area (Å²) >= 11 is 0. The summed E-state index contributed by atoms with van der Waals surface area (Å²) in [5.41, 5.74) is 1.60. The first-order valence-electron chi connectivity index (χ1n) is 4.64. The van der Waals surface area contributed by atoms with E-state index >= 15 is 0 Å². The van der Waals surface area contributed by atoms with E-state index in [4.69, 9.17) is 5.21 Å². The third-order valence-corrected chi connectivity index (χ3v) is 1.91. The molecule has 16 heavy (non-hydrogen) atoms. The number of nitrogens with one attached hydrogen (secondary N) is 2. The Kier molecular flexibility index (Phi) is 4.28. The first-order valence-corrected chi connectivity index (χ1v) is 4.64. The molecule has 0 bridgehead atoms. The minimum absolute atomic E-state index is 0.0319. The lowest BCUT2D eigenvalue weighted by Crippen LogP contribution is -2.29. The van der Waals surface area contributed by atoms with Crippen molar-refractivity contribution >= 4 is 11.8 Å². The average molecular weight is 224 g/mol. The number of hydroxylamine groups is 1. The Labute approximate surface area is 91.9 Å². The quantitative estimate of drug-likeness (QED) is 0.428. The predicted molar refractivity (Wildman–Crippen MR) is 55.0 cm³/mol. The van der Waals surface area contributed by atoms with Gasteiger partial charge in [0.2, 0.25) is 5.91 Å². The highest BCUT2D eigenvalue weighted by molar-refractivity contribution is 5.96. The SMILES string of the molecule is O=C(CCNC(=O)c1ccccc1O)NO. The van der Waals surface area contributed by atoms with Crippen LogP contribution in [0.2, 0.25) is 0 Å². The van der Waals surface area contributed by atoms with E-state index in [1.165, 1.54) is 17.6 Å². The summed E-state index contributed by atoms with van der Waals surface area (Å²) in [5, 5.41) is 20.0. The minimum Gasteiger partial charge on any atom is -0.507 e. The maximum absolute atomic E-state index is 11.5. The van der Waals surface area contributed by atoms with Crippen LogP contribution in [0.15, 0.2) is 24.3 Å². The number of hydrogen-bond donors (Lipinski definition) is 4. The van der Waals surface area contributed by atoms with E-state index in [1.54, 1.807) is 12.1 Å². The highest BCUT2D eigenvalue weighted by atomic mass is 16.5. The molecule has 0 atom stereocenters. The summed E-state index contributed by atoms with van der Waals surface area (Å²) in [5.74, 6) is -1.17. The number of benzene rings is 1. The van der Waals surface area contributed by atoms with Gasteiger partial charge >= 0.3 is 0 Å². The fourth-order valence-electron chi connectivity index (χ4n) is 1.11. The van der Waals surface area contributed by atoms with Gasteiger partial charge < -0.3 is 10.4 Å². The topological polar surface area (TPSA) is 98.7 Å². The normalized spacial score (nSPS) is 9.56. The molecule has 0 unspecified atom stereocenters. The molecule has 2 amide bonds. The molecule has 0 aliphatic carbocycles. The van der Waals surface area contributed by atoms with Crippen molar-refractivity contribution in [2.75, 3.05) is 6.54 Å². The number of amides is 2. The van der Waals surface area contributed by atoms with E-state index in [-0.39, 0.29) is 24.3 Å². The summed E-state index contributed by atoms with van der Waals surface area (Å²) in [7, 11) is 0. The zero-order valence-corrected chi connectivity index (χ0v) is 8.43. The van der Waals surface area contributed by atoms with Crippen molar-refractivity contribution in [3.8, 4) is 5.75 Å². The Balaban J connectivity index is 2.47. The second-order valence-electron chi connectivity index (χ2n) is 3.06. The van der Waals surface area contributed by atoms with Crippen LogP contribution in [-0.4, -0.2) is 28.7 Å². The van der Waals surface area contributed by atoms with E-state index in [1.807, 2.05) is 0 Å². The Morgan fingerprint density at radius 3 is 2.56 bits per heavy atom. The molecule has 0 heterocycles. The van der Waals surface area contributed by atoms with Gasteiger partial charge in [0.25, 0.3) is 5.91 Å². The number of rotatable bonds is 4. The van der Waals surface area contributed by atoms with Crippen molar-refractivity contribution in [2.45, 2.75) is 6.42 Å². The van der Waals surface area contributed by atoms with Crippen molar-refractivity contribution in [1.82, 2.24) is 10.8 Å². The molecule has 0 saturated heterocycles. The third-order valence-electron chi connectivity index (χ3n) is 1.91. The lowest BCUT2D eigenvalue weighted by Gasteiger charge is -2.05. The molecular formula is C10H12N2O4. The van der Waals surface area contributed by atoms with Gasteiger partial charge in [0, 0.05) is 13.0 Å². The summed E-state index contributed by atoms with van der Waals surface area (Å²) in [6, 6.07) is 6.09. The maximum Gasteiger partial charge on any atom is 0.255 e. The van der Waals surface area contributed by atoms with E-state index < -0.39 is 11.8 Å². The van der Waals surface area contributed by atoms with Crippen molar-refractivity contribution in [2.24, 2.45) is 0 Å². The van der Waals surface area contributed by atoms with Crippen LogP contribution in [-0.2, 0) is 4.79 Å². The first-order chi connectivity index (χ1) is 7.65. The van der Waals surface area contributed by atoms with E-state index in [2.05, 4.69) is 5.32 Å².